The first-order valence-electron chi connectivity index (χ1n) is 3.56. The van der Waals surface area contributed by atoms with Gasteiger partial charge in [-0.05, 0) is 40.5 Å². The summed E-state index contributed by atoms with van der Waals surface area (Å²) in [6.45, 7) is 1.90. The van der Waals surface area contributed by atoms with E-state index in [0.717, 1.165) is 5.56 Å². The highest BCUT2D eigenvalue weighted by molar-refractivity contribution is 9.10. The lowest BCUT2D eigenvalue weighted by Gasteiger charge is -2.10. The molecule has 0 aliphatic heterocycles. The summed E-state index contributed by atoms with van der Waals surface area (Å²) in [5, 5.41) is 0. The second-order valence-corrected chi connectivity index (χ2v) is 3.42. The minimum absolute atomic E-state index is 0.0295. The van der Waals surface area contributed by atoms with Crippen LogP contribution in [-0.4, -0.2) is 0 Å². The molecule has 0 aliphatic rings. The van der Waals surface area contributed by atoms with Gasteiger partial charge in [0.25, 0.3) is 0 Å². The highest BCUT2D eigenvalue weighted by Gasteiger charge is 2.05. The number of rotatable bonds is 2. The quantitative estimate of drug-likeness (QED) is 0.606. The Labute approximate surface area is 79.1 Å². The minimum Gasteiger partial charge on any atom is -0.271 e. The standard InChI is InChI=1S/C8H10BrFN2/c1-5(12-11)6-2-3-8(10)7(9)4-6/h2-5,12H,11H2,1H3/t5-/m0/s1. The van der Waals surface area contributed by atoms with E-state index in [-0.39, 0.29) is 11.9 Å². The molecule has 1 atom stereocenters. The van der Waals surface area contributed by atoms with Crippen molar-refractivity contribution in [1.29, 1.82) is 0 Å². The fourth-order valence-corrected chi connectivity index (χ4v) is 1.27. The normalized spacial score (nSPS) is 13.0. The first-order chi connectivity index (χ1) is 5.65. The molecule has 0 saturated carbocycles. The van der Waals surface area contributed by atoms with Gasteiger partial charge in [0.2, 0.25) is 0 Å². The van der Waals surface area contributed by atoms with Crippen LogP contribution in [0.1, 0.15) is 18.5 Å². The van der Waals surface area contributed by atoms with Crippen LogP contribution in [0.4, 0.5) is 4.39 Å². The number of hydrogen-bond acceptors (Lipinski definition) is 2. The molecule has 2 nitrogen and oxygen atoms in total. The van der Waals surface area contributed by atoms with Gasteiger partial charge in [-0.3, -0.25) is 11.3 Å². The Morgan fingerprint density at radius 3 is 2.75 bits per heavy atom. The van der Waals surface area contributed by atoms with Gasteiger partial charge in [0.1, 0.15) is 5.82 Å². The van der Waals surface area contributed by atoms with E-state index >= 15 is 0 Å². The fraction of sp³-hybridized carbons (Fsp3) is 0.250. The molecule has 12 heavy (non-hydrogen) atoms. The third kappa shape index (κ3) is 2.03. The Kier molecular flexibility index (Phi) is 3.20. The van der Waals surface area contributed by atoms with Gasteiger partial charge in [-0.15, -0.1) is 0 Å². The van der Waals surface area contributed by atoms with E-state index in [4.69, 9.17) is 5.84 Å². The molecular weight excluding hydrogens is 223 g/mol. The van der Waals surface area contributed by atoms with E-state index in [1.54, 1.807) is 12.1 Å². The van der Waals surface area contributed by atoms with Gasteiger partial charge < -0.3 is 0 Å². The van der Waals surface area contributed by atoms with E-state index in [1.165, 1.54) is 6.07 Å². The zero-order valence-electron chi connectivity index (χ0n) is 6.64. The summed E-state index contributed by atoms with van der Waals surface area (Å²) in [6, 6.07) is 4.85. The lowest BCUT2D eigenvalue weighted by atomic mass is 10.1. The molecule has 0 bridgehead atoms. The molecule has 0 aromatic heterocycles. The monoisotopic (exact) mass is 232 g/mol. The summed E-state index contributed by atoms with van der Waals surface area (Å²) in [4.78, 5) is 0. The maximum Gasteiger partial charge on any atom is 0.137 e. The molecular formula is C8H10BrFN2. The maximum atomic E-state index is 12.8. The zero-order valence-corrected chi connectivity index (χ0v) is 8.23. The molecule has 0 fully saturated rings. The van der Waals surface area contributed by atoms with Gasteiger partial charge in [0.15, 0.2) is 0 Å². The Bertz CT molecular complexity index is 278. The van der Waals surface area contributed by atoms with Gasteiger partial charge >= 0.3 is 0 Å². The van der Waals surface area contributed by atoms with Gasteiger partial charge in [-0.2, -0.15) is 0 Å². The lowest BCUT2D eigenvalue weighted by molar-refractivity contribution is 0.592. The van der Waals surface area contributed by atoms with Crippen molar-refractivity contribution >= 4 is 15.9 Å². The molecule has 66 valence electrons. The molecule has 0 heterocycles. The van der Waals surface area contributed by atoms with Crippen molar-refractivity contribution in [1.82, 2.24) is 5.43 Å². The van der Waals surface area contributed by atoms with Gasteiger partial charge in [0.05, 0.1) is 4.47 Å². The van der Waals surface area contributed by atoms with Crippen molar-refractivity contribution in [2.45, 2.75) is 13.0 Å². The Hall–Kier alpha value is -0.450. The molecule has 4 heteroatoms. The van der Waals surface area contributed by atoms with E-state index in [2.05, 4.69) is 21.4 Å². The summed E-state index contributed by atoms with van der Waals surface area (Å²) in [6.07, 6.45) is 0. The van der Waals surface area contributed by atoms with Gasteiger partial charge in [-0.25, -0.2) is 4.39 Å². The number of nitrogens with one attached hydrogen (secondary N) is 1. The average molecular weight is 233 g/mol. The molecule has 0 aliphatic carbocycles. The molecule has 0 radical (unpaired) electrons. The van der Waals surface area contributed by atoms with E-state index in [9.17, 15) is 4.39 Å². The smallest absolute Gasteiger partial charge is 0.137 e. The summed E-state index contributed by atoms with van der Waals surface area (Å²) in [5.41, 5.74) is 3.53. The minimum atomic E-state index is -0.261. The van der Waals surface area contributed by atoms with Crippen molar-refractivity contribution in [3.63, 3.8) is 0 Å². The lowest BCUT2D eigenvalue weighted by Crippen LogP contribution is -2.25. The number of nitrogens with two attached hydrogens (primary N) is 1. The molecule has 0 saturated heterocycles. The van der Waals surface area contributed by atoms with Crippen molar-refractivity contribution in [2.24, 2.45) is 5.84 Å². The van der Waals surface area contributed by atoms with Crippen molar-refractivity contribution < 1.29 is 4.39 Å². The van der Waals surface area contributed by atoms with Gasteiger partial charge in [0, 0.05) is 6.04 Å². The second-order valence-electron chi connectivity index (χ2n) is 2.56. The predicted molar refractivity (Wildman–Crippen MR) is 49.8 cm³/mol. The number of halogens is 2. The van der Waals surface area contributed by atoms with Crippen LogP contribution in [0.2, 0.25) is 0 Å². The van der Waals surface area contributed by atoms with E-state index in [0.29, 0.717) is 4.47 Å². The van der Waals surface area contributed by atoms with Crippen LogP contribution in [0.3, 0.4) is 0 Å². The van der Waals surface area contributed by atoms with Crippen molar-refractivity contribution in [2.75, 3.05) is 0 Å². The topological polar surface area (TPSA) is 38.0 Å². The molecule has 0 spiro atoms. The summed E-state index contributed by atoms with van der Waals surface area (Å²) in [7, 11) is 0. The average Bonchev–Trinajstić information content (AvgIpc) is 2.08. The number of benzene rings is 1. The van der Waals surface area contributed by atoms with Crippen LogP contribution in [0.5, 0.6) is 0 Å². The van der Waals surface area contributed by atoms with Crippen LogP contribution < -0.4 is 11.3 Å². The highest BCUT2D eigenvalue weighted by atomic mass is 79.9. The van der Waals surface area contributed by atoms with E-state index in [1.807, 2.05) is 6.92 Å². The molecule has 3 N–H and O–H groups in total. The Morgan fingerprint density at radius 2 is 2.25 bits per heavy atom. The number of hydrogen-bond donors (Lipinski definition) is 2. The Morgan fingerprint density at radius 1 is 1.58 bits per heavy atom. The fourth-order valence-electron chi connectivity index (χ4n) is 0.878. The number of hydrazine groups is 1. The highest BCUT2D eigenvalue weighted by Crippen LogP contribution is 2.20. The van der Waals surface area contributed by atoms with Crippen LogP contribution in [-0.2, 0) is 0 Å². The molecule has 0 amide bonds. The summed E-state index contributed by atoms with van der Waals surface area (Å²) < 4.78 is 13.2. The first-order valence-corrected chi connectivity index (χ1v) is 4.35. The molecule has 1 aromatic carbocycles. The van der Waals surface area contributed by atoms with Crippen LogP contribution >= 0.6 is 15.9 Å². The third-order valence-electron chi connectivity index (χ3n) is 1.69. The maximum absolute atomic E-state index is 12.8. The molecule has 1 aromatic rings. The SMILES string of the molecule is C[C@H](NN)c1ccc(F)c(Br)c1. The van der Waals surface area contributed by atoms with Crippen molar-refractivity contribution in [3.8, 4) is 0 Å². The van der Waals surface area contributed by atoms with Gasteiger partial charge in [-0.1, -0.05) is 6.07 Å². The zero-order chi connectivity index (χ0) is 9.14. The summed E-state index contributed by atoms with van der Waals surface area (Å²) in [5.74, 6) is 4.97. The second kappa shape index (κ2) is 3.98. The van der Waals surface area contributed by atoms with Crippen LogP contribution in [0.15, 0.2) is 22.7 Å². The third-order valence-corrected chi connectivity index (χ3v) is 2.30. The van der Waals surface area contributed by atoms with E-state index < -0.39 is 0 Å². The van der Waals surface area contributed by atoms with Crippen LogP contribution in [0, 0.1) is 5.82 Å². The Balaban J connectivity index is 2.96. The summed E-state index contributed by atoms with van der Waals surface area (Å²) >= 11 is 3.10. The largest absolute Gasteiger partial charge is 0.271 e. The molecule has 1 rings (SSSR count). The first kappa shape index (κ1) is 9.64. The van der Waals surface area contributed by atoms with Crippen molar-refractivity contribution in [3.05, 3.63) is 34.1 Å². The predicted octanol–water partition coefficient (Wildman–Crippen LogP) is 2.11. The van der Waals surface area contributed by atoms with Crippen LogP contribution in [0.25, 0.3) is 0 Å². The molecule has 0 unspecified atom stereocenters.